The molecule has 6 atom stereocenters. The lowest BCUT2D eigenvalue weighted by atomic mass is 9.68. The number of nitrogens with one attached hydrogen (secondary N) is 4. The van der Waals surface area contributed by atoms with Gasteiger partial charge in [0.1, 0.15) is 29.7 Å². The van der Waals surface area contributed by atoms with Crippen LogP contribution >= 0.6 is 0 Å². The van der Waals surface area contributed by atoms with Crippen LogP contribution in [0.15, 0.2) is 11.6 Å². The Morgan fingerprint density at radius 3 is 2.33 bits per heavy atom. The Hall–Kier alpha value is -2.95. The fourth-order valence-corrected chi connectivity index (χ4v) is 6.15. The number of epoxide rings is 2. The van der Waals surface area contributed by atoms with E-state index in [2.05, 4.69) is 48.1 Å². The van der Waals surface area contributed by atoms with E-state index in [1.54, 1.807) is 7.11 Å². The van der Waals surface area contributed by atoms with Gasteiger partial charge in [-0.15, -0.1) is 0 Å². The molecular weight excluding hydrogens is 628 g/mol. The molecule has 3 aliphatic rings. The van der Waals surface area contributed by atoms with Gasteiger partial charge in [0.05, 0.1) is 58.1 Å². The highest BCUT2D eigenvalue weighted by Gasteiger charge is 2.72. The summed E-state index contributed by atoms with van der Waals surface area (Å²) in [4.78, 5) is 57.8. The Kier molecular flexibility index (Phi) is 16.4. The summed E-state index contributed by atoms with van der Waals surface area (Å²) in [5.41, 5.74) is 0.615. The average Bonchev–Trinajstić information content (AvgIpc) is 3.98. The van der Waals surface area contributed by atoms with Crippen LogP contribution in [-0.2, 0) is 52.4 Å². The number of hydrogen-bond acceptors (Lipinski definition) is 12. The molecule has 4 N–H and O–H groups in total. The van der Waals surface area contributed by atoms with Gasteiger partial charge in [-0.3, -0.25) is 19.2 Å². The minimum atomic E-state index is -0.462. The third kappa shape index (κ3) is 12.8. The van der Waals surface area contributed by atoms with E-state index < -0.39 is 11.8 Å². The van der Waals surface area contributed by atoms with Crippen molar-refractivity contribution in [3.8, 4) is 0 Å². The molecule has 2 aliphatic heterocycles. The van der Waals surface area contributed by atoms with Crippen molar-refractivity contribution in [1.82, 2.24) is 21.3 Å². The zero-order chi connectivity index (χ0) is 35.0. The first-order valence-electron chi connectivity index (χ1n) is 16.8. The number of ether oxygens (including phenoxy) is 6. The molecule has 3 rings (SSSR count). The normalized spacial score (nSPS) is 27.1. The van der Waals surface area contributed by atoms with Crippen molar-refractivity contribution in [3.05, 3.63) is 11.6 Å². The Labute approximate surface area is 282 Å². The average molecular weight is 683 g/mol. The molecule has 4 unspecified atom stereocenters. The van der Waals surface area contributed by atoms with Crippen LogP contribution in [0, 0.1) is 5.92 Å². The molecule has 272 valence electrons. The zero-order valence-corrected chi connectivity index (χ0v) is 28.8. The monoisotopic (exact) mass is 682 g/mol. The number of amides is 3. The largest absolute Gasteiger partial charge is 0.460 e. The van der Waals surface area contributed by atoms with Gasteiger partial charge >= 0.3 is 5.97 Å². The van der Waals surface area contributed by atoms with Crippen molar-refractivity contribution in [3.63, 3.8) is 0 Å². The highest BCUT2D eigenvalue weighted by molar-refractivity contribution is 5.86. The smallest absolute Gasteiger partial charge is 0.306 e. The highest BCUT2D eigenvalue weighted by atomic mass is 16.6. The number of carbonyl (C=O) groups is 5. The molecule has 15 heteroatoms. The number of hydrogen-bond donors (Lipinski definition) is 4. The fraction of sp³-hybridized carbons (Fsp3) is 0.788. The van der Waals surface area contributed by atoms with Gasteiger partial charge in [0.25, 0.3) is 0 Å². The second-order valence-electron chi connectivity index (χ2n) is 12.8. The maximum absolute atomic E-state index is 12.7. The van der Waals surface area contributed by atoms with Gasteiger partial charge in [-0.05, 0) is 46.5 Å². The van der Waals surface area contributed by atoms with Gasteiger partial charge in [0, 0.05) is 39.6 Å². The lowest BCUT2D eigenvalue weighted by molar-refractivity contribution is -0.172. The van der Waals surface area contributed by atoms with Gasteiger partial charge in [-0.25, -0.2) is 0 Å². The van der Waals surface area contributed by atoms with Gasteiger partial charge in [0.15, 0.2) is 0 Å². The first-order chi connectivity index (χ1) is 23.0. The molecular formula is C33H54N4O11. The quantitative estimate of drug-likeness (QED) is 0.0349. The summed E-state index contributed by atoms with van der Waals surface area (Å²) in [5, 5.41) is 10.3. The molecule has 0 aromatic heterocycles. The highest BCUT2D eigenvalue weighted by Crippen LogP contribution is 2.59. The molecule has 3 amide bonds. The SMILES string of the molecule is COC1C(OC(=O)CCCOCCOCCNC(=O)CCNCC(=O)NCC(=O)NCC=O)CC[C@]2(CO2)C1C1(C)O[C@@H]1CC=C(C)C. The Bertz CT molecular complexity index is 1110. The van der Waals surface area contributed by atoms with Crippen molar-refractivity contribution >= 4 is 30.0 Å². The van der Waals surface area contributed by atoms with Crippen LogP contribution in [0.2, 0.25) is 0 Å². The molecule has 15 nitrogen and oxygen atoms in total. The Morgan fingerprint density at radius 2 is 1.65 bits per heavy atom. The van der Waals surface area contributed by atoms with Crippen LogP contribution < -0.4 is 21.3 Å². The van der Waals surface area contributed by atoms with Crippen LogP contribution in [0.3, 0.4) is 0 Å². The molecule has 2 heterocycles. The standard InChI is InChI=1S/C33H54N4O11/c1-23(2)7-8-25-32(3,48-25)31-30(43-4)24(9-11-33(31)22-46-33)47-29(42)6-5-16-44-18-19-45-17-14-36-26(39)10-12-34-20-27(40)37-21-28(41)35-13-15-38/h7,15,24-25,30-31,34H,5-6,8-14,16-22H2,1-4H3,(H,35,41)(H,36,39)(H,37,40)/t24?,25-,30?,31?,32?,33+/m1/s1. The molecule has 1 saturated carbocycles. The van der Waals surface area contributed by atoms with Gasteiger partial charge in [-0.2, -0.15) is 0 Å². The summed E-state index contributed by atoms with van der Waals surface area (Å²) >= 11 is 0. The summed E-state index contributed by atoms with van der Waals surface area (Å²) in [6.07, 6.45) is 5.45. The maximum Gasteiger partial charge on any atom is 0.306 e. The number of allylic oxidation sites excluding steroid dienone is 1. The summed E-state index contributed by atoms with van der Waals surface area (Å²) in [6.45, 7) is 8.62. The zero-order valence-electron chi connectivity index (χ0n) is 28.8. The molecule has 48 heavy (non-hydrogen) atoms. The van der Waals surface area contributed by atoms with Gasteiger partial charge < -0.3 is 54.5 Å². The van der Waals surface area contributed by atoms with Gasteiger partial charge in [0.2, 0.25) is 17.7 Å². The molecule has 1 spiro atoms. The maximum atomic E-state index is 12.7. The second kappa shape index (κ2) is 19.9. The van der Waals surface area contributed by atoms with Gasteiger partial charge in [-0.1, -0.05) is 11.6 Å². The molecule has 2 saturated heterocycles. The minimum absolute atomic E-state index is 0.0134. The van der Waals surface area contributed by atoms with Crippen LogP contribution in [0.1, 0.15) is 59.3 Å². The fourth-order valence-electron chi connectivity index (χ4n) is 6.15. The van der Waals surface area contributed by atoms with E-state index in [1.165, 1.54) is 5.57 Å². The Morgan fingerprint density at radius 1 is 0.917 bits per heavy atom. The minimum Gasteiger partial charge on any atom is -0.460 e. The predicted octanol–water partition coefficient (Wildman–Crippen LogP) is -0.0534. The summed E-state index contributed by atoms with van der Waals surface area (Å²) < 4.78 is 35.1. The predicted molar refractivity (Wildman–Crippen MR) is 173 cm³/mol. The number of methoxy groups -OCH3 is 1. The lowest BCUT2D eigenvalue weighted by Gasteiger charge is -2.42. The third-order valence-corrected chi connectivity index (χ3v) is 8.77. The number of rotatable bonds is 24. The number of esters is 1. The van der Waals surface area contributed by atoms with E-state index in [4.69, 9.17) is 28.4 Å². The van der Waals surface area contributed by atoms with E-state index >= 15 is 0 Å². The van der Waals surface area contributed by atoms with Crippen LogP contribution in [-0.4, -0.2) is 132 Å². The van der Waals surface area contributed by atoms with Crippen LogP contribution in [0.25, 0.3) is 0 Å². The lowest BCUT2D eigenvalue weighted by Crippen LogP contribution is -2.55. The topological polar surface area (TPSA) is 195 Å². The van der Waals surface area contributed by atoms with Crippen molar-refractivity contribution in [2.45, 2.75) is 88.8 Å². The summed E-state index contributed by atoms with van der Waals surface area (Å²) in [6, 6.07) is 0. The van der Waals surface area contributed by atoms with Crippen molar-refractivity contribution in [2.75, 3.05) is 72.9 Å². The van der Waals surface area contributed by atoms with Crippen LogP contribution in [0.4, 0.5) is 0 Å². The first kappa shape index (κ1) is 39.5. The molecule has 0 bridgehead atoms. The Balaban J connectivity index is 1.18. The molecule has 0 radical (unpaired) electrons. The molecule has 1 aliphatic carbocycles. The second-order valence-corrected chi connectivity index (χ2v) is 12.8. The van der Waals surface area contributed by atoms with Crippen molar-refractivity contribution < 1.29 is 52.4 Å². The first-order valence-corrected chi connectivity index (χ1v) is 16.8. The van der Waals surface area contributed by atoms with Crippen LogP contribution in [0.5, 0.6) is 0 Å². The molecule has 0 aromatic rings. The third-order valence-electron chi connectivity index (χ3n) is 8.77. The van der Waals surface area contributed by atoms with E-state index in [9.17, 15) is 24.0 Å². The summed E-state index contributed by atoms with van der Waals surface area (Å²) in [7, 11) is 1.66. The molecule has 0 aromatic carbocycles. The van der Waals surface area contributed by atoms with Crippen molar-refractivity contribution in [2.24, 2.45) is 5.92 Å². The van der Waals surface area contributed by atoms with E-state index in [1.807, 2.05) is 0 Å². The molecule has 3 fully saturated rings. The summed E-state index contributed by atoms with van der Waals surface area (Å²) in [5.74, 6) is -1.34. The van der Waals surface area contributed by atoms with E-state index in [0.29, 0.717) is 58.7 Å². The van der Waals surface area contributed by atoms with E-state index in [0.717, 1.165) is 12.8 Å². The van der Waals surface area contributed by atoms with E-state index in [-0.39, 0.29) is 86.3 Å². The van der Waals surface area contributed by atoms with Crippen molar-refractivity contribution in [1.29, 1.82) is 0 Å². The number of carbonyl (C=O) groups excluding carboxylic acids is 5. The number of aldehydes is 1.